The van der Waals surface area contributed by atoms with Crippen LogP contribution >= 0.6 is 0 Å². The monoisotopic (exact) mass is 260 g/mol. The summed E-state index contributed by atoms with van der Waals surface area (Å²) in [6.45, 7) is 1.17. The van der Waals surface area contributed by atoms with Crippen molar-refractivity contribution in [3.05, 3.63) is 52.6 Å². The van der Waals surface area contributed by atoms with Crippen LogP contribution in [0.4, 0.5) is 11.4 Å². The van der Waals surface area contributed by atoms with Crippen molar-refractivity contribution in [1.82, 2.24) is 9.55 Å². The van der Waals surface area contributed by atoms with Crippen LogP contribution in [0.5, 0.6) is 0 Å². The lowest BCUT2D eigenvalue weighted by molar-refractivity contribution is -0.384. The van der Waals surface area contributed by atoms with Gasteiger partial charge >= 0.3 is 0 Å². The number of nitrogens with one attached hydrogen (secondary N) is 1. The van der Waals surface area contributed by atoms with Crippen LogP contribution in [0.1, 0.15) is 10.4 Å². The molecule has 1 aromatic heterocycles. The number of hydrogen-bond donors (Lipinski definition) is 1. The zero-order valence-corrected chi connectivity index (χ0v) is 10.0. The quantitative estimate of drug-likeness (QED) is 0.485. The van der Waals surface area contributed by atoms with Crippen molar-refractivity contribution in [3.8, 4) is 0 Å². The molecule has 0 aliphatic heterocycles. The summed E-state index contributed by atoms with van der Waals surface area (Å²) in [6, 6.07) is 4.34. The van der Waals surface area contributed by atoms with E-state index in [1.165, 1.54) is 12.1 Å². The molecule has 1 heterocycles. The van der Waals surface area contributed by atoms with Crippen LogP contribution < -0.4 is 5.32 Å². The molecule has 0 fully saturated rings. The number of carbonyl (C=O) groups excluding carboxylic acids is 1. The summed E-state index contributed by atoms with van der Waals surface area (Å²) in [7, 11) is 0. The normalized spacial score (nSPS) is 10.1. The molecule has 0 aliphatic carbocycles. The number of aldehydes is 1. The molecule has 7 heteroatoms. The van der Waals surface area contributed by atoms with Gasteiger partial charge in [0, 0.05) is 37.1 Å². The maximum absolute atomic E-state index is 10.9. The van der Waals surface area contributed by atoms with Gasteiger partial charge in [0.15, 0.2) is 0 Å². The van der Waals surface area contributed by atoms with E-state index in [1.54, 1.807) is 18.6 Å². The third kappa shape index (κ3) is 3.15. The summed E-state index contributed by atoms with van der Waals surface area (Å²) < 4.78 is 1.86. The minimum absolute atomic E-state index is 0.102. The van der Waals surface area contributed by atoms with Crippen LogP contribution in [0.2, 0.25) is 0 Å². The lowest BCUT2D eigenvalue weighted by Gasteiger charge is -2.07. The molecule has 0 spiro atoms. The summed E-state index contributed by atoms with van der Waals surface area (Å²) in [5, 5.41) is 13.9. The Kier molecular flexibility index (Phi) is 3.87. The second kappa shape index (κ2) is 5.76. The Hall–Kier alpha value is -2.70. The smallest absolute Gasteiger partial charge is 0.293 e. The number of imidazole rings is 1. The Morgan fingerprint density at radius 1 is 1.47 bits per heavy atom. The number of aromatic nitrogens is 2. The van der Waals surface area contributed by atoms with E-state index in [-0.39, 0.29) is 11.3 Å². The van der Waals surface area contributed by atoms with E-state index in [4.69, 9.17) is 0 Å². The molecule has 2 aromatic rings. The highest BCUT2D eigenvalue weighted by atomic mass is 16.6. The first kappa shape index (κ1) is 12.7. The van der Waals surface area contributed by atoms with Crippen molar-refractivity contribution in [2.45, 2.75) is 6.54 Å². The van der Waals surface area contributed by atoms with Crippen molar-refractivity contribution >= 4 is 17.7 Å². The Morgan fingerprint density at radius 2 is 2.32 bits per heavy atom. The fourth-order valence-electron chi connectivity index (χ4n) is 1.66. The maximum atomic E-state index is 10.9. The highest BCUT2D eigenvalue weighted by Crippen LogP contribution is 2.24. The molecule has 2 rings (SSSR count). The van der Waals surface area contributed by atoms with Crippen LogP contribution in [-0.2, 0) is 6.54 Å². The molecular formula is C12H12N4O3. The van der Waals surface area contributed by atoms with Gasteiger partial charge in [0.2, 0.25) is 0 Å². The highest BCUT2D eigenvalue weighted by molar-refractivity contribution is 5.79. The van der Waals surface area contributed by atoms with Gasteiger partial charge < -0.3 is 9.88 Å². The Bertz CT molecular complexity index is 581. The molecule has 0 bridgehead atoms. The first-order chi connectivity index (χ1) is 9.20. The van der Waals surface area contributed by atoms with Crippen LogP contribution in [0.3, 0.4) is 0 Å². The third-order valence-electron chi connectivity index (χ3n) is 2.60. The molecular weight excluding hydrogens is 248 g/mol. The maximum Gasteiger partial charge on any atom is 0.293 e. The number of rotatable bonds is 6. The predicted molar refractivity (Wildman–Crippen MR) is 69.2 cm³/mol. The summed E-state index contributed by atoms with van der Waals surface area (Å²) >= 11 is 0. The largest absolute Gasteiger partial charge is 0.378 e. The molecule has 1 aromatic carbocycles. The van der Waals surface area contributed by atoms with Gasteiger partial charge in [-0.1, -0.05) is 0 Å². The number of nitro groups is 1. The predicted octanol–water partition coefficient (Wildman–Crippen LogP) is 1.72. The van der Waals surface area contributed by atoms with Crippen molar-refractivity contribution < 1.29 is 9.72 Å². The van der Waals surface area contributed by atoms with Gasteiger partial charge in [-0.05, 0) is 12.1 Å². The first-order valence-electron chi connectivity index (χ1n) is 5.64. The number of benzene rings is 1. The van der Waals surface area contributed by atoms with Crippen LogP contribution in [-0.4, -0.2) is 27.3 Å². The zero-order chi connectivity index (χ0) is 13.7. The average Bonchev–Trinajstić information content (AvgIpc) is 2.92. The molecule has 0 saturated carbocycles. The molecule has 0 atom stereocenters. The highest BCUT2D eigenvalue weighted by Gasteiger charge is 2.13. The van der Waals surface area contributed by atoms with Crippen LogP contribution in [0.25, 0.3) is 0 Å². The minimum Gasteiger partial charge on any atom is -0.378 e. The topological polar surface area (TPSA) is 90.1 Å². The zero-order valence-electron chi connectivity index (χ0n) is 10.0. The van der Waals surface area contributed by atoms with Crippen LogP contribution in [0.15, 0.2) is 36.9 Å². The molecule has 0 saturated heterocycles. The van der Waals surface area contributed by atoms with Gasteiger partial charge in [-0.2, -0.15) is 0 Å². The SMILES string of the molecule is O=Cc1ccc(NCCn2ccnc2)c([N+](=O)[O-])c1. The van der Waals surface area contributed by atoms with E-state index in [0.717, 1.165) is 0 Å². The number of anilines is 1. The number of nitro benzene ring substituents is 1. The van der Waals surface area contributed by atoms with Gasteiger partial charge in [-0.25, -0.2) is 4.98 Å². The molecule has 0 amide bonds. The van der Waals surface area contributed by atoms with E-state index in [0.29, 0.717) is 25.1 Å². The number of carbonyl (C=O) groups is 1. The van der Waals surface area contributed by atoms with Crippen molar-refractivity contribution in [1.29, 1.82) is 0 Å². The Labute approximate surface area is 109 Å². The number of nitrogens with zero attached hydrogens (tertiary/aromatic N) is 3. The molecule has 0 aliphatic rings. The van der Waals surface area contributed by atoms with E-state index >= 15 is 0 Å². The standard InChI is InChI=1S/C12H12N4O3/c17-8-10-1-2-11(12(7-10)16(18)19)14-4-6-15-5-3-13-9-15/h1-3,5,7-9,14H,4,6H2. The van der Waals surface area contributed by atoms with E-state index < -0.39 is 4.92 Å². The molecule has 1 N–H and O–H groups in total. The van der Waals surface area contributed by atoms with E-state index in [2.05, 4.69) is 10.3 Å². The van der Waals surface area contributed by atoms with Gasteiger partial charge in [-0.15, -0.1) is 0 Å². The van der Waals surface area contributed by atoms with Crippen molar-refractivity contribution in [3.63, 3.8) is 0 Å². The van der Waals surface area contributed by atoms with Crippen molar-refractivity contribution in [2.24, 2.45) is 0 Å². The fourth-order valence-corrected chi connectivity index (χ4v) is 1.66. The van der Waals surface area contributed by atoms with Crippen LogP contribution in [0, 0.1) is 10.1 Å². The summed E-state index contributed by atoms with van der Waals surface area (Å²) in [5.74, 6) is 0. The number of hydrogen-bond acceptors (Lipinski definition) is 5. The second-order valence-corrected chi connectivity index (χ2v) is 3.88. The molecule has 19 heavy (non-hydrogen) atoms. The van der Waals surface area contributed by atoms with Crippen molar-refractivity contribution in [2.75, 3.05) is 11.9 Å². The third-order valence-corrected chi connectivity index (χ3v) is 2.60. The molecule has 0 unspecified atom stereocenters. The van der Waals surface area contributed by atoms with E-state index in [9.17, 15) is 14.9 Å². The molecule has 7 nitrogen and oxygen atoms in total. The summed E-state index contributed by atoms with van der Waals surface area (Å²) in [5.41, 5.74) is 0.581. The van der Waals surface area contributed by atoms with Gasteiger partial charge in [0.1, 0.15) is 12.0 Å². The molecule has 98 valence electrons. The molecule has 0 radical (unpaired) electrons. The van der Waals surface area contributed by atoms with E-state index in [1.807, 2.05) is 10.8 Å². The average molecular weight is 260 g/mol. The summed E-state index contributed by atoms with van der Waals surface area (Å²) in [6.07, 6.45) is 5.74. The lowest BCUT2D eigenvalue weighted by atomic mass is 10.2. The minimum atomic E-state index is -0.507. The Morgan fingerprint density at radius 3 is 2.95 bits per heavy atom. The lowest BCUT2D eigenvalue weighted by Crippen LogP contribution is -2.10. The van der Waals surface area contributed by atoms with Gasteiger partial charge in [-0.3, -0.25) is 14.9 Å². The van der Waals surface area contributed by atoms with Gasteiger partial charge in [0.05, 0.1) is 11.3 Å². The second-order valence-electron chi connectivity index (χ2n) is 3.88. The fraction of sp³-hybridized carbons (Fsp3) is 0.167. The summed E-state index contributed by atoms with van der Waals surface area (Å²) in [4.78, 5) is 24.9. The Balaban J connectivity index is 2.06. The van der Waals surface area contributed by atoms with Gasteiger partial charge in [0.25, 0.3) is 5.69 Å². The first-order valence-corrected chi connectivity index (χ1v) is 5.64.